The summed E-state index contributed by atoms with van der Waals surface area (Å²) in [4.78, 5) is 25.5. The molecule has 0 aromatic heterocycles. The second-order valence-corrected chi connectivity index (χ2v) is 5.64. The van der Waals surface area contributed by atoms with E-state index in [1.165, 1.54) is 0 Å². The summed E-state index contributed by atoms with van der Waals surface area (Å²) in [5.74, 6) is -0.131. The van der Waals surface area contributed by atoms with Gasteiger partial charge >= 0.3 is 0 Å². The molecular formula is C15H20ClN3O2. The largest absolute Gasteiger partial charge is 0.342 e. The van der Waals surface area contributed by atoms with E-state index in [1.807, 2.05) is 17.9 Å². The van der Waals surface area contributed by atoms with Crippen LogP contribution in [0.3, 0.4) is 0 Å². The van der Waals surface area contributed by atoms with Crippen LogP contribution in [0.1, 0.15) is 18.4 Å². The lowest BCUT2D eigenvalue weighted by atomic mass is 10.2. The summed E-state index contributed by atoms with van der Waals surface area (Å²) in [7, 11) is 0. The molecule has 0 radical (unpaired) electrons. The van der Waals surface area contributed by atoms with E-state index in [9.17, 15) is 9.59 Å². The summed E-state index contributed by atoms with van der Waals surface area (Å²) in [5, 5.41) is 6.24. The summed E-state index contributed by atoms with van der Waals surface area (Å²) in [6.45, 7) is 3.85. The summed E-state index contributed by atoms with van der Waals surface area (Å²) in [6, 6.07) is 5.34. The zero-order valence-electron chi connectivity index (χ0n) is 12.1. The van der Waals surface area contributed by atoms with Crippen molar-refractivity contribution in [2.45, 2.75) is 19.8 Å². The van der Waals surface area contributed by atoms with Crippen molar-refractivity contribution in [3.05, 3.63) is 28.8 Å². The maximum absolute atomic E-state index is 11.8. The second-order valence-electron chi connectivity index (χ2n) is 5.20. The first-order valence-electron chi connectivity index (χ1n) is 7.11. The number of amides is 2. The van der Waals surface area contributed by atoms with Crippen LogP contribution in [-0.4, -0.2) is 42.9 Å². The normalized spacial score (nSPS) is 14.3. The third kappa shape index (κ3) is 4.72. The van der Waals surface area contributed by atoms with Gasteiger partial charge in [-0.05, 0) is 37.5 Å². The van der Waals surface area contributed by atoms with Crippen LogP contribution >= 0.6 is 11.6 Å². The van der Waals surface area contributed by atoms with Crippen LogP contribution in [0.5, 0.6) is 0 Å². The molecule has 114 valence electrons. The van der Waals surface area contributed by atoms with Gasteiger partial charge in [-0.3, -0.25) is 14.9 Å². The van der Waals surface area contributed by atoms with Gasteiger partial charge in [0, 0.05) is 23.8 Å². The summed E-state index contributed by atoms with van der Waals surface area (Å²) in [6.07, 6.45) is 2.14. The van der Waals surface area contributed by atoms with Crippen LogP contribution in [0.2, 0.25) is 5.02 Å². The van der Waals surface area contributed by atoms with Crippen molar-refractivity contribution in [2.75, 3.05) is 31.5 Å². The van der Waals surface area contributed by atoms with Gasteiger partial charge < -0.3 is 10.2 Å². The number of benzene rings is 1. The van der Waals surface area contributed by atoms with Gasteiger partial charge in [0.2, 0.25) is 11.8 Å². The molecule has 0 saturated carbocycles. The Morgan fingerprint density at radius 2 is 1.95 bits per heavy atom. The Hall–Kier alpha value is -1.59. The van der Waals surface area contributed by atoms with Gasteiger partial charge in [-0.25, -0.2) is 0 Å². The molecule has 1 heterocycles. The zero-order chi connectivity index (χ0) is 15.2. The van der Waals surface area contributed by atoms with E-state index in [-0.39, 0.29) is 24.9 Å². The number of halogens is 1. The average molecular weight is 310 g/mol. The average Bonchev–Trinajstić information content (AvgIpc) is 2.97. The second kappa shape index (κ2) is 7.43. The molecule has 0 bridgehead atoms. The van der Waals surface area contributed by atoms with E-state index in [2.05, 4.69) is 10.6 Å². The molecule has 5 nitrogen and oxygen atoms in total. The molecule has 1 saturated heterocycles. The summed E-state index contributed by atoms with van der Waals surface area (Å²) >= 11 is 5.90. The van der Waals surface area contributed by atoms with Crippen molar-refractivity contribution in [1.82, 2.24) is 10.2 Å². The fourth-order valence-corrected chi connectivity index (χ4v) is 2.46. The van der Waals surface area contributed by atoms with E-state index < -0.39 is 0 Å². The van der Waals surface area contributed by atoms with Crippen molar-refractivity contribution in [3.8, 4) is 0 Å². The van der Waals surface area contributed by atoms with Crippen molar-refractivity contribution in [3.63, 3.8) is 0 Å². The molecule has 21 heavy (non-hydrogen) atoms. The number of nitrogens with one attached hydrogen (secondary N) is 2. The molecule has 0 unspecified atom stereocenters. The van der Waals surface area contributed by atoms with E-state index in [0.717, 1.165) is 31.5 Å². The Balaban J connectivity index is 1.74. The van der Waals surface area contributed by atoms with E-state index in [0.29, 0.717) is 10.7 Å². The Labute approximate surface area is 129 Å². The monoisotopic (exact) mass is 309 g/mol. The first-order chi connectivity index (χ1) is 10.1. The van der Waals surface area contributed by atoms with Crippen LogP contribution in [-0.2, 0) is 9.59 Å². The number of aryl methyl sites for hydroxylation is 1. The molecule has 1 aliphatic heterocycles. The van der Waals surface area contributed by atoms with E-state index in [1.54, 1.807) is 12.1 Å². The molecule has 2 N–H and O–H groups in total. The number of rotatable bonds is 5. The van der Waals surface area contributed by atoms with Gasteiger partial charge in [-0.1, -0.05) is 17.7 Å². The molecule has 6 heteroatoms. The molecular weight excluding hydrogens is 290 g/mol. The highest BCUT2D eigenvalue weighted by atomic mass is 35.5. The molecule has 1 aromatic carbocycles. The van der Waals surface area contributed by atoms with Gasteiger partial charge in [0.1, 0.15) is 0 Å². The maximum atomic E-state index is 11.8. The summed E-state index contributed by atoms with van der Waals surface area (Å²) in [5.41, 5.74) is 1.64. The lowest BCUT2D eigenvalue weighted by Crippen LogP contribution is -2.39. The lowest BCUT2D eigenvalue weighted by Gasteiger charge is -2.15. The molecule has 1 fully saturated rings. The Bertz CT molecular complexity index is 528. The number of likely N-dealkylation sites (tertiary alicyclic amines) is 1. The maximum Gasteiger partial charge on any atom is 0.238 e. The van der Waals surface area contributed by atoms with Crippen molar-refractivity contribution in [1.29, 1.82) is 0 Å². The van der Waals surface area contributed by atoms with E-state index >= 15 is 0 Å². The van der Waals surface area contributed by atoms with Gasteiger partial charge in [0.15, 0.2) is 0 Å². The Kier molecular flexibility index (Phi) is 5.59. The smallest absolute Gasteiger partial charge is 0.238 e. The zero-order valence-corrected chi connectivity index (χ0v) is 12.9. The SMILES string of the molecule is Cc1ccc(Cl)cc1NC(=O)CNCC(=O)N1CCCC1. The quantitative estimate of drug-likeness (QED) is 0.872. The number of carbonyl (C=O) groups excluding carboxylic acids is 2. The van der Waals surface area contributed by atoms with Crippen LogP contribution in [0, 0.1) is 6.92 Å². The van der Waals surface area contributed by atoms with Crippen molar-refractivity contribution in [2.24, 2.45) is 0 Å². The van der Waals surface area contributed by atoms with Crippen molar-refractivity contribution >= 4 is 29.1 Å². The minimum Gasteiger partial charge on any atom is -0.342 e. The molecule has 1 aromatic rings. The highest BCUT2D eigenvalue weighted by molar-refractivity contribution is 6.31. The third-order valence-electron chi connectivity index (χ3n) is 3.49. The van der Waals surface area contributed by atoms with Gasteiger partial charge in [0.25, 0.3) is 0 Å². The Morgan fingerprint density at radius 1 is 1.24 bits per heavy atom. The molecule has 0 atom stereocenters. The van der Waals surface area contributed by atoms with Crippen LogP contribution < -0.4 is 10.6 Å². The summed E-state index contributed by atoms with van der Waals surface area (Å²) < 4.78 is 0. The van der Waals surface area contributed by atoms with E-state index in [4.69, 9.17) is 11.6 Å². The van der Waals surface area contributed by atoms with Crippen LogP contribution in [0.4, 0.5) is 5.69 Å². The standard InChI is InChI=1S/C15H20ClN3O2/c1-11-4-5-12(16)8-13(11)18-14(20)9-17-10-15(21)19-6-2-3-7-19/h4-5,8,17H,2-3,6-7,9-10H2,1H3,(H,18,20). The van der Waals surface area contributed by atoms with Crippen LogP contribution in [0.15, 0.2) is 18.2 Å². The highest BCUT2D eigenvalue weighted by Gasteiger charge is 2.17. The Morgan fingerprint density at radius 3 is 2.67 bits per heavy atom. The van der Waals surface area contributed by atoms with Crippen LogP contribution in [0.25, 0.3) is 0 Å². The molecule has 1 aliphatic rings. The van der Waals surface area contributed by atoms with Gasteiger partial charge in [0.05, 0.1) is 13.1 Å². The number of nitrogens with zero attached hydrogens (tertiary/aromatic N) is 1. The minimum absolute atomic E-state index is 0.0548. The predicted molar refractivity (Wildman–Crippen MR) is 83.5 cm³/mol. The first-order valence-corrected chi connectivity index (χ1v) is 7.48. The molecule has 2 amide bonds. The first kappa shape index (κ1) is 15.8. The van der Waals surface area contributed by atoms with Gasteiger partial charge in [-0.15, -0.1) is 0 Å². The number of hydrogen-bond acceptors (Lipinski definition) is 3. The van der Waals surface area contributed by atoms with Crippen molar-refractivity contribution < 1.29 is 9.59 Å². The fourth-order valence-electron chi connectivity index (χ4n) is 2.28. The third-order valence-corrected chi connectivity index (χ3v) is 3.73. The minimum atomic E-state index is -0.186. The number of carbonyl (C=O) groups is 2. The molecule has 2 rings (SSSR count). The predicted octanol–water partition coefficient (Wildman–Crippen LogP) is 1.80. The number of hydrogen-bond donors (Lipinski definition) is 2. The molecule has 0 aliphatic carbocycles. The molecule has 0 spiro atoms. The number of anilines is 1. The topological polar surface area (TPSA) is 61.4 Å². The van der Waals surface area contributed by atoms with Gasteiger partial charge in [-0.2, -0.15) is 0 Å². The fraction of sp³-hybridized carbons (Fsp3) is 0.467. The highest BCUT2D eigenvalue weighted by Crippen LogP contribution is 2.19. The lowest BCUT2D eigenvalue weighted by molar-refractivity contribution is -0.129.